The van der Waals surface area contributed by atoms with Crippen molar-refractivity contribution in [3.8, 4) is 16.9 Å². The number of nitrogens with one attached hydrogen (secondary N) is 1. The van der Waals surface area contributed by atoms with Gasteiger partial charge in [-0.25, -0.2) is 4.98 Å². The molecule has 0 aliphatic carbocycles. The van der Waals surface area contributed by atoms with Crippen molar-refractivity contribution < 1.29 is 9.59 Å². The van der Waals surface area contributed by atoms with Crippen LogP contribution in [0.25, 0.3) is 16.9 Å². The van der Waals surface area contributed by atoms with Gasteiger partial charge in [0.1, 0.15) is 6.54 Å². The molecule has 4 aromatic rings. The summed E-state index contributed by atoms with van der Waals surface area (Å²) < 4.78 is 1.85. The molecule has 1 N–H and O–H groups in total. The van der Waals surface area contributed by atoms with E-state index in [1.165, 1.54) is 0 Å². The minimum absolute atomic E-state index is 0.0613. The van der Waals surface area contributed by atoms with E-state index in [4.69, 9.17) is 4.98 Å². The van der Waals surface area contributed by atoms with E-state index in [1.54, 1.807) is 17.0 Å². The van der Waals surface area contributed by atoms with Crippen LogP contribution < -0.4 is 5.32 Å². The minimum Gasteiger partial charge on any atom is -0.329 e. The second kappa shape index (κ2) is 10.6. The number of imidazole rings is 1. The number of carbonyl (C=O) groups excluding carboxylic acids is 2. The average molecular weight is 453 g/mol. The number of para-hydroxylation sites is 1. The lowest BCUT2D eigenvalue weighted by Crippen LogP contribution is -2.40. The maximum atomic E-state index is 13.1. The maximum Gasteiger partial charge on any atom is 0.254 e. The topological polar surface area (TPSA) is 67.2 Å². The van der Waals surface area contributed by atoms with Crippen LogP contribution in [0, 0.1) is 5.92 Å². The number of aromatic nitrogens is 2. The zero-order valence-electron chi connectivity index (χ0n) is 19.4. The summed E-state index contributed by atoms with van der Waals surface area (Å²) in [6.07, 6.45) is 1.90. The van der Waals surface area contributed by atoms with Crippen molar-refractivity contribution in [3.05, 3.63) is 103 Å². The number of nitrogens with zero attached hydrogens (tertiary/aromatic N) is 3. The first-order chi connectivity index (χ1) is 16.5. The zero-order chi connectivity index (χ0) is 23.9. The molecule has 0 saturated carbocycles. The van der Waals surface area contributed by atoms with Gasteiger partial charge in [0.15, 0.2) is 0 Å². The van der Waals surface area contributed by atoms with Gasteiger partial charge in [-0.2, -0.15) is 0 Å². The smallest absolute Gasteiger partial charge is 0.254 e. The summed E-state index contributed by atoms with van der Waals surface area (Å²) in [4.78, 5) is 32.5. The van der Waals surface area contributed by atoms with Crippen LogP contribution in [0.1, 0.15) is 24.2 Å². The third-order valence-electron chi connectivity index (χ3n) is 5.29. The quantitative estimate of drug-likeness (QED) is 0.396. The molecule has 0 aliphatic rings. The molecule has 6 nitrogen and oxygen atoms in total. The maximum absolute atomic E-state index is 13.1. The predicted molar refractivity (Wildman–Crippen MR) is 135 cm³/mol. The Bertz CT molecular complexity index is 1240. The van der Waals surface area contributed by atoms with E-state index in [1.807, 2.05) is 103 Å². The Morgan fingerprint density at radius 3 is 2.09 bits per heavy atom. The van der Waals surface area contributed by atoms with E-state index in [9.17, 15) is 9.59 Å². The Hall–Kier alpha value is -4.19. The first-order valence-corrected chi connectivity index (χ1v) is 11.4. The van der Waals surface area contributed by atoms with Gasteiger partial charge >= 0.3 is 0 Å². The van der Waals surface area contributed by atoms with Crippen molar-refractivity contribution >= 4 is 17.8 Å². The van der Waals surface area contributed by atoms with Gasteiger partial charge < -0.3 is 4.90 Å². The molecule has 0 saturated heterocycles. The van der Waals surface area contributed by atoms with E-state index >= 15 is 0 Å². The van der Waals surface area contributed by atoms with Crippen molar-refractivity contribution in [2.45, 2.75) is 13.8 Å². The molecule has 1 aromatic heterocycles. The van der Waals surface area contributed by atoms with Crippen molar-refractivity contribution in [2.24, 2.45) is 5.92 Å². The van der Waals surface area contributed by atoms with E-state index in [0.29, 0.717) is 18.1 Å². The fourth-order valence-corrected chi connectivity index (χ4v) is 3.76. The van der Waals surface area contributed by atoms with Crippen LogP contribution in [0.15, 0.2) is 97.2 Å². The normalized spacial score (nSPS) is 10.8. The van der Waals surface area contributed by atoms with Gasteiger partial charge in [0.05, 0.1) is 5.69 Å². The molecule has 0 unspecified atom stereocenters. The third-order valence-corrected chi connectivity index (χ3v) is 5.29. The number of amides is 2. The Balaban J connectivity index is 1.59. The van der Waals surface area contributed by atoms with Gasteiger partial charge in [0.2, 0.25) is 11.9 Å². The third kappa shape index (κ3) is 5.59. The standard InChI is InChI=1S/C28H28N4O2/c1-21(2)18-31(27(34)23-14-8-4-9-15-23)20-26(33)30-28-29-25(22-12-6-3-7-13-22)19-32(28)24-16-10-5-11-17-24/h3-17,19,21H,18,20H2,1-2H3,(H,29,30,33). The summed E-state index contributed by atoms with van der Waals surface area (Å²) in [5, 5.41) is 2.93. The first-order valence-electron chi connectivity index (χ1n) is 11.4. The lowest BCUT2D eigenvalue weighted by atomic mass is 10.1. The Morgan fingerprint density at radius 2 is 1.47 bits per heavy atom. The Labute approximate surface area is 199 Å². The Kier molecular flexibility index (Phi) is 7.18. The van der Waals surface area contributed by atoms with Gasteiger partial charge in [0.25, 0.3) is 5.91 Å². The van der Waals surface area contributed by atoms with Gasteiger partial charge in [-0.3, -0.25) is 19.5 Å². The van der Waals surface area contributed by atoms with Gasteiger partial charge in [-0.15, -0.1) is 0 Å². The highest BCUT2D eigenvalue weighted by molar-refractivity contribution is 5.99. The molecule has 0 aliphatic heterocycles. The van der Waals surface area contributed by atoms with Crippen molar-refractivity contribution in [1.82, 2.24) is 14.5 Å². The van der Waals surface area contributed by atoms with E-state index in [2.05, 4.69) is 5.32 Å². The number of benzene rings is 3. The largest absolute Gasteiger partial charge is 0.329 e. The molecule has 0 bridgehead atoms. The number of carbonyl (C=O) groups is 2. The van der Waals surface area contributed by atoms with E-state index in [-0.39, 0.29) is 24.3 Å². The van der Waals surface area contributed by atoms with Crippen molar-refractivity contribution in [2.75, 3.05) is 18.4 Å². The van der Waals surface area contributed by atoms with Crippen molar-refractivity contribution in [3.63, 3.8) is 0 Å². The number of anilines is 1. The lowest BCUT2D eigenvalue weighted by Gasteiger charge is -2.24. The second-order valence-electron chi connectivity index (χ2n) is 8.52. The molecule has 0 atom stereocenters. The summed E-state index contributed by atoms with van der Waals surface area (Å²) in [6.45, 7) is 4.46. The van der Waals surface area contributed by atoms with Crippen LogP contribution in [0.3, 0.4) is 0 Å². The van der Waals surface area contributed by atoms with Gasteiger partial charge in [0, 0.05) is 29.6 Å². The fraction of sp³-hybridized carbons (Fsp3) is 0.179. The molecule has 34 heavy (non-hydrogen) atoms. The van der Waals surface area contributed by atoms with Gasteiger partial charge in [-0.05, 0) is 30.2 Å². The molecule has 6 heteroatoms. The highest BCUT2D eigenvalue weighted by Crippen LogP contribution is 2.24. The summed E-state index contributed by atoms with van der Waals surface area (Å²) in [5.74, 6) is 0.163. The minimum atomic E-state index is -0.299. The number of hydrogen-bond acceptors (Lipinski definition) is 3. The molecular formula is C28H28N4O2. The van der Waals surface area contributed by atoms with Crippen LogP contribution in [0.5, 0.6) is 0 Å². The van der Waals surface area contributed by atoms with Crippen LogP contribution in [0.4, 0.5) is 5.95 Å². The highest BCUT2D eigenvalue weighted by atomic mass is 16.2. The lowest BCUT2D eigenvalue weighted by molar-refractivity contribution is -0.117. The molecular weight excluding hydrogens is 424 g/mol. The predicted octanol–water partition coefficient (Wildman–Crippen LogP) is 5.28. The van der Waals surface area contributed by atoms with Gasteiger partial charge in [-0.1, -0.05) is 80.6 Å². The van der Waals surface area contributed by atoms with Crippen LogP contribution >= 0.6 is 0 Å². The molecule has 4 rings (SSSR count). The van der Waals surface area contributed by atoms with E-state index < -0.39 is 0 Å². The van der Waals surface area contributed by atoms with Crippen LogP contribution in [-0.2, 0) is 4.79 Å². The number of hydrogen-bond donors (Lipinski definition) is 1. The first kappa shape index (κ1) is 23.0. The van der Waals surface area contributed by atoms with Crippen LogP contribution in [0.2, 0.25) is 0 Å². The summed E-state index contributed by atoms with van der Waals surface area (Å²) in [6, 6.07) is 28.6. The monoisotopic (exact) mass is 452 g/mol. The summed E-state index contributed by atoms with van der Waals surface area (Å²) in [5.41, 5.74) is 3.15. The molecule has 2 amide bonds. The molecule has 3 aromatic carbocycles. The summed E-state index contributed by atoms with van der Waals surface area (Å²) >= 11 is 0. The molecule has 0 radical (unpaired) electrons. The second-order valence-corrected chi connectivity index (χ2v) is 8.52. The molecule has 172 valence electrons. The SMILES string of the molecule is CC(C)CN(CC(=O)Nc1nc(-c2ccccc2)cn1-c1ccccc1)C(=O)c1ccccc1. The molecule has 1 heterocycles. The average Bonchev–Trinajstić information content (AvgIpc) is 3.28. The fourth-order valence-electron chi connectivity index (χ4n) is 3.76. The molecule has 0 spiro atoms. The number of rotatable bonds is 8. The highest BCUT2D eigenvalue weighted by Gasteiger charge is 2.21. The van der Waals surface area contributed by atoms with E-state index in [0.717, 1.165) is 16.9 Å². The summed E-state index contributed by atoms with van der Waals surface area (Å²) in [7, 11) is 0. The Morgan fingerprint density at radius 1 is 0.882 bits per heavy atom. The zero-order valence-corrected chi connectivity index (χ0v) is 19.4. The van der Waals surface area contributed by atoms with Crippen LogP contribution in [-0.4, -0.2) is 39.4 Å². The molecule has 0 fully saturated rings. The van der Waals surface area contributed by atoms with Crippen molar-refractivity contribution in [1.29, 1.82) is 0 Å².